The molecule has 0 bridgehead atoms. The van der Waals surface area contributed by atoms with E-state index in [-0.39, 0.29) is 24.8 Å². The van der Waals surface area contributed by atoms with Gasteiger partial charge in [-0.15, -0.1) is 0 Å². The standard InChI is InChI=1S/C22H26Cl2N2O2/c1-3-13-25-22(28)20(4-2)26(15-17-18(23)11-8-12-19(17)24)21(27)14-16-9-6-5-7-10-16/h5-12,20H,3-4,13-15H2,1-2H3,(H,25,28)/t20-/m0/s1. The van der Waals surface area contributed by atoms with E-state index in [1.165, 1.54) is 0 Å². The van der Waals surface area contributed by atoms with Gasteiger partial charge in [-0.2, -0.15) is 0 Å². The predicted molar refractivity (Wildman–Crippen MR) is 115 cm³/mol. The summed E-state index contributed by atoms with van der Waals surface area (Å²) < 4.78 is 0. The molecule has 0 saturated heterocycles. The highest BCUT2D eigenvalue weighted by atomic mass is 35.5. The molecule has 0 fully saturated rings. The van der Waals surface area contributed by atoms with Crippen LogP contribution < -0.4 is 5.32 Å². The summed E-state index contributed by atoms with van der Waals surface area (Å²) in [7, 11) is 0. The molecule has 4 nitrogen and oxygen atoms in total. The summed E-state index contributed by atoms with van der Waals surface area (Å²) in [6.45, 7) is 4.64. The Morgan fingerprint density at radius 3 is 2.21 bits per heavy atom. The minimum atomic E-state index is -0.588. The van der Waals surface area contributed by atoms with Crippen LogP contribution in [0.4, 0.5) is 0 Å². The number of rotatable bonds is 9. The predicted octanol–water partition coefficient (Wildman–Crippen LogP) is 4.87. The van der Waals surface area contributed by atoms with Gasteiger partial charge in [0.25, 0.3) is 0 Å². The van der Waals surface area contributed by atoms with E-state index in [1.54, 1.807) is 23.1 Å². The highest BCUT2D eigenvalue weighted by molar-refractivity contribution is 6.36. The molecule has 0 heterocycles. The first kappa shape index (κ1) is 22.3. The zero-order valence-corrected chi connectivity index (χ0v) is 17.8. The van der Waals surface area contributed by atoms with E-state index in [2.05, 4.69) is 5.32 Å². The van der Waals surface area contributed by atoms with Crippen molar-refractivity contribution in [1.29, 1.82) is 0 Å². The number of carbonyl (C=O) groups is 2. The number of carbonyl (C=O) groups excluding carboxylic acids is 2. The third-order valence-corrected chi connectivity index (χ3v) is 5.23. The van der Waals surface area contributed by atoms with Crippen molar-refractivity contribution in [2.24, 2.45) is 0 Å². The smallest absolute Gasteiger partial charge is 0.242 e. The number of amides is 2. The second-order valence-corrected chi connectivity index (χ2v) is 7.41. The quantitative estimate of drug-likeness (QED) is 0.628. The third-order valence-electron chi connectivity index (χ3n) is 4.52. The highest BCUT2D eigenvalue weighted by Crippen LogP contribution is 2.27. The number of nitrogens with one attached hydrogen (secondary N) is 1. The van der Waals surface area contributed by atoms with Crippen molar-refractivity contribution in [3.63, 3.8) is 0 Å². The van der Waals surface area contributed by atoms with Gasteiger partial charge in [0, 0.05) is 28.7 Å². The molecule has 28 heavy (non-hydrogen) atoms. The van der Waals surface area contributed by atoms with E-state index < -0.39 is 6.04 Å². The highest BCUT2D eigenvalue weighted by Gasteiger charge is 2.29. The zero-order chi connectivity index (χ0) is 20.5. The van der Waals surface area contributed by atoms with Crippen LogP contribution in [0.3, 0.4) is 0 Å². The molecule has 0 radical (unpaired) electrons. The molecule has 0 saturated carbocycles. The Morgan fingerprint density at radius 1 is 1.00 bits per heavy atom. The van der Waals surface area contributed by atoms with E-state index in [0.717, 1.165) is 12.0 Å². The molecule has 2 amide bonds. The Kier molecular flexibility index (Phi) is 8.81. The average molecular weight is 421 g/mol. The summed E-state index contributed by atoms with van der Waals surface area (Å²) in [6.07, 6.45) is 1.54. The van der Waals surface area contributed by atoms with Gasteiger partial charge in [-0.3, -0.25) is 9.59 Å². The minimum Gasteiger partial charge on any atom is -0.354 e. The molecule has 2 aromatic rings. The van der Waals surface area contributed by atoms with Gasteiger partial charge in [0.1, 0.15) is 6.04 Å². The fourth-order valence-corrected chi connectivity index (χ4v) is 3.53. The fourth-order valence-electron chi connectivity index (χ4n) is 3.01. The van der Waals surface area contributed by atoms with Gasteiger partial charge < -0.3 is 10.2 Å². The maximum atomic E-state index is 13.2. The van der Waals surface area contributed by atoms with Gasteiger partial charge in [-0.25, -0.2) is 0 Å². The van der Waals surface area contributed by atoms with Gasteiger partial charge in [-0.1, -0.05) is 73.4 Å². The topological polar surface area (TPSA) is 49.4 Å². The van der Waals surface area contributed by atoms with Crippen molar-refractivity contribution in [2.75, 3.05) is 6.54 Å². The van der Waals surface area contributed by atoms with Crippen LogP contribution in [-0.2, 0) is 22.6 Å². The number of halogens is 2. The Morgan fingerprint density at radius 2 is 1.64 bits per heavy atom. The Labute approximate surface area is 176 Å². The van der Waals surface area contributed by atoms with E-state index in [9.17, 15) is 9.59 Å². The monoisotopic (exact) mass is 420 g/mol. The molecule has 150 valence electrons. The molecule has 2 rings (SSSR count). The molecule has 1 atom stereocenters. The number of nitrogens with zero attached hydrogens (tertiary/aromatic N) is 1. The molecule has 0 aliphatic heterocycles. The molecule has 0 spiro atoms. The van der Waals surface area contributed by atoms with Crippen LogP contribution in [0.15, 0.2) is 48.5 Å². The molecule has 0 aliphatic carbocycles. The summed E-state index contributed by atoms with van der Waals surface area (Å²) >= 11 is 12.7. The van der Waals surface area contributed by atoms with Crippen LogP contribution in [0, 0.1) is 0 Å². The summed E-state index contributed by atoms with van der Waals surface area (Å²) in [5.74, 6) is -0.297. The van der Waals surface area contributed by atoms with Crippen LogP contribution >= 0.6 is 23.2 Å². The summed E-state index contributed by atoms with van der Waals surface area (Å²) in [5.41, 5.74) is 1.54. The van der Waals surface area contributed by atoms with E-state index >= 15 is 0 Å². The van der Waals surface area contributed by atoms with E-state index in [4.69, 9.17) is 23.2 Å². The van der Waals surface area contributed by atoms with Crippen molar-refractivity contribution in [2.45, 2.75) is 45.7 Å². The van der Waals surface area contributed by atoms with Crippen molar-refractivity contribution in [3.05, 3.63) is 69.7 Å². The summed E-state index contributed by atoms with van der Waals surface area (Å²) in [4.78, 5) is 27.5. The van der Waals surface area contributed by atoms with Crippen LogP contribution in [0.25, 0.3) is 0 Å². The second-order valence-electron chi connectivity index (χ2n) is 6.60. The van der Waals surface area contributed by atoms with Crippen LogP contribution in [0.1, 0.15) is 37.8 Å². The van der Waals surface area contributed by atoms with Crippen molar-refractivity contribution in [1.82, 2.24) is 10.2 Å². The van der Waals surface area contributed by atoms with E-state index in [0.29, 0.717) is 28.6 Å². The molecular formula is C22H26Cl2N2O2. The van der Waals surface area contributed by atoms with Crippen LogP contribution in [0.2, 0.25) is 10.0 Å². The van der Waals surface area contributed by atoms with Crippen molar-refractivity contribution in [3.8, 4) is 0 Å². The fraction of sp³-hybridized carbons (Fsp3) is 0.364. The summed E-state index contributed by atoms with van der Waals surface area (Å²) in [6, 6.07) is 14.1. The zero-order valence-electron chi connectivity index (χ0n) is 16.3. The largest absolute Gasteiger partial charge is 0.354 e. The molecule has 0 aliphatic rings. The minimum absolute atomic E-state index is 0.138. The van der Waals surface area contributed by atoms with Gasteiger partial charge in [0.05, 0.1) is 6.42 Å². The second kappa shape index (κ2) is 11.1. The maximum absolute atomic E-state index is 13.2. The molecule has 0 aromatic heterocycles. The Bertz CT molecular complexity index is 776. The van der Waals surface area contributed by atoms with Crippen molar-refractivity contribution >= 4 is 35.0 Å². The third kappa shape index (κ3) is 5.98. The SMILES string of the molecule is CCCNC(=O)[C@H](CC)N(Cc1c(Cl)cccc1Cl)C(=O)Cc1ccccc1. The van der Waals surface area contributed by atoms with Crippen LogP contribution in [0.5, 0.6) is 0 Å². The van der Waals surface area contributed by atoms with Gasteiger partial charge in [-0.05, 0) is 30.5 Å². The van der Waals surface area contributed by atoms with Gasteiger partial charge >= 0.3 is 0 Å². The first-order valence-corrected chi connectivity index (χ1v) is 10.3. The average Bonchev–Trinajstić information content (AvgIpc) is 2.69. The Balaban J connectivity index is 2.33. The lowest BCUT2D eigenvalue weighted by molar-refractivity contribution is -0.140. The van der Waals surface area contributed by atoms with Gasteiger partial charge in [0.15, 0.2) is 0 Å². The molecule has 1 N–H and O–H groups in total. The first-order chi connectivity index (χ1) is 13.5. The lowest BCUT2D eigenvalue weighted by Gasteiger charge is -2.31. The molecule has 6 heteroatoms. The maximum Gasteiger partial charge on any atom is 0.242 e. The Hall–Kier alpha value is -2.04. The van der Waals surface area contributed by atoms with Gasteiger partial charge in [0.2, 0.25) is 11.8 Å². The molecular weight excluding hydrogens is 395 g/mol. The number of hydrogen-bond donors (Lipinski definition) is 1. The normalized spacial score (nSPS) is 11.7. The van der Waals surface area contributed by atoms with Crippen LogP contribution in [-0.4, -0.2) is 29.3 Å². The lowest BCUT2D eigenvalue weighted by atomic mass is 10.1. The number of benzene rings is 2. The molecule has 0 unspecified atom stereocenters. The first-order valence-electron chi connectivity index (χ1n) is 9.51. The summed E-state index contributed by atoms with van der Waals surface area (Å²) in [5, 5.41) is 3.86. The lowest BCUT2D eigenvalue weighted by Crippen LogP contribution is -2.49. The van der Waals surface area contributed by atoms with Crippen molar-refractivity contribution < 1.29 is 9.59 Å². The van der Waals surface area contributed by atoms with E-state index in [1.807, 2.05) is 44.2 Å². The number of hydrogen-bond acceptors (Lipinski definition) is 2. The molecule has 2 aromatic carbocycles.